The van der Waals surface area contributed by atoms with E-state index in [-0.39, 0.29) is 17.6 Å². The SMILES string of the molecule is CC(=O)[C@@H](CC(C)C)[C@H](Cc1ccc(N)nc1)c1nnn[nH]1. The fraction of sp³-hybridized carbons (Fsp3) is 0.533. The number of carbonyl (C=O) groups excluding carboxylic acids is 1. The average molecular weight is 302 g/mol. The van der Waals surface area contributed by atoms with Crippen LogP contribution in [0.15, 0.2) is 18.3 Å². The van der Waals surface area contributed by atoms with Crippen molar-refractivity contribution < 1.29 is 4.79 Å². The van der Waals surface area contributed by atoms with E-state index in [4.69, 9.17) is 5.73 Å². The summed E-state index contributed by atoms with van der Waals surface area (Å²) >= 11 is 0. The summed E-state index contributed by atoms with van der Waals surface area (Å²) in [5.41, 5.74) is 6.63. The molecule has 118 valence electrons. The first kappa shape index (κ1) is 16.1. The molecule has 2 heterocycles. The van der Waals surface area contributed by atoms with Crippen molar-refractivity contribution in [3.8, 4) is 0 Å². The Kier molecular flexibility index (Phi) is 5.19. The summed E-state index contributed by atoms with van der Waals surface area (Å²) in [6.45, 7) is 5.85. The van der Waals surface area contributed by atoms with Crippen LogP contribution in [0.4, 0.5) is 5.82 Å². The Bertz CT molecular complexity index is 593. The minimum Gasteiger partial charge on any atom is -0.384 e. The van der Waals surface area contributed by atoms with Gasteiger partial charge in [-0.2, -0.15) is 0 Å². The molecule has 2 aromatic heterocycles. The summed E-state index contributed by atoms with van der Waals surface area (Å²) in [7, 11) is 0. The lowest BCUT2D eigenvalue weighted by Gasteiger charge is -2.24. The van der Waals surface area contributed by atoms with Crippen molar-refractivity contribution in [2.75, 3.05) is 5.73 Å². The van der Waals surface area contributed by atoms with E-state index in [1.807, 2.05) is 6.07 Å². The third kappa shape index (κ3) is 4.09. The number of aromatic nitrogens is 5. The highest BCUT2D eigenvalue weighted by molar-refractivity contribution is 5.79. The molecule has 0 unspecified atom stereocenters. The van der Waals surface area contributed by atoms with Crippen molar-refractivity contribution in [2.24, 2.45) is 11.8 Å². The number of tetrazole rings is 1. The molecule has 0 fully saturated rings. The summed E-state index contributed by atoms with van der Waals surface area (Å²) in [5.74, 6) is 1.45. The Morgan fingerprint density at radius 1 is 1.36 bits per heavy atom. The van der Waals surface area contributed by atoms with Gasteiger partial charge in [0.1, 0.15) is 11.6 Å². The van der Waals surface area contributed by atoms with Gasteiger partial charge in [0.25, 0.3) is 0 Å². The van der Waals surface area contributed by atoms with Crippen LogP contribution in [-0.4, -0.2) is 31.4 Å². The van der Waals surface area contributed by atoms with Gasteiger partial charge in [-0.15, -0.1) is 5.10 Å². The predicted octanol–water partition coefficient (Wildman–Crippen LogP) is 1.75. The number of hydrogen-bond acceptors (Lipinski definition) is 6. The van der Waals surface area contributed by atoms with Gasteiger partial charge in [-0.25, -0.2) is 10.1 Å². The van der Waals surface area contributed by atoms with Gasteiger partial charge in [0.05, 0.1) is 0 Å². The monoisotopic (exact) mass is 302 g/mol. The van der Waals surface area contributed by atoms with Crippen molar-refractivity contribution in [3.05, 3.63) is 29.7 Å². The van der Waals surface area contributed by atoms with Crippen LogP contribution in [-0.2, 0) is 11.2 Å². The molecule has 22 heavy (non-hydrogen) atoms. The molecule has 0 aromatic carbocycles. The van der Waals surface area contributed by atoms with Gasteiger partial charge in [0.2, 0.25) is 0 Å². The van der Waals surface area contributed by atoms with E-state index in [1.54, 1.807) is 19.2 Å². The Balaban J connectivity index is 2.29. The number of H-pyrrole nitrogens is 1. The molecule has 0 aliphatic heterocycles. The molecule has 0 saturated heterocycles. The third-order valence-electron chi connectivity index (χ3n) is 3.75. The number of Topliss-reactive ketones (excluding diaryl/α,β-unsaturated/α-hetero) is 1. The summed E-state index contributed by atoms with van der Waals surface area (Å²) in [5, 5.41) is 14.1. The topological polar surface area (TPSA) is 110 Å². The molecule has 0 spiro atoms. The molecule has 0 amide bonds. The Morgan fingerprint density at radius 2 is 2.14 bits per heavy atom. The zero-order chi connectivity index (χ0) is 16.1. The van der Waals surface area contributed by atoms with E-state index >= 15 is 0 Å². The van der Waals surface area contributed by atoms with Crippen molar-refractivity contribution in [3.63, 3.8) is 0 Å². The molecule has 0 bridgehead atoms. The second-order valence-electron chi connectivity index (χ2n) is 6.04. The number of rotatable bonds is 7. The minimum absolute atomic E-state index is 0.0969. The highest BCUT2D eigenvalue weighted by Crippen LogP contribution is 2.31. The zero-order valence-electron chi connectivity index (χ0n) is 13.2. The van der Waals surface area contributed by atoms with E-state index in [0.29, 0.717) is 24.0 Å². The molecule has 0 radical (unpaired) electrons. The van der Waals surface area contributed by atoms with Crippen LogP contribution in [0, 0.1) is 11.8 Å². The number of pyridine rings is 1. The number of hydrogen-bond donors (Lipinski definition) is 2. The van der Waals surface area contributed by atoms with Crippen molar-refractivity contribution >= 4 is 11.6 Å². The highest BCUT2D eigenvalue weighted by atomic mass is 16.1. The summed E-state index contributed by atoms with van der Waals surface area (Å²) in [4.78, 5) is 16.3. The first-order valence-corrected chi connectivity index (χ1v) is 7.41. The Hall–Kier alpha value is -2.31. The first-order chi connectivity index (χ1) is 10.5. The van der Waals surface area contributed by atoms with Gasteiger partial charge in [0.15, 0.2) is 5.82 Å². The molecule has 2 atom stereocenters. The molecule has 2 rings (SSSR count). The number of aromatic amines is 1. The smallest absolute Gasteiger partial charge is 0.152 e. The van der Waals surface area contributed by atoms with Crippen molar-refractivity contribution in [2.45, 2.75) is 39.5 Å². The summed E-state index contributed by atoms with van der Waals surface area (Å²) < 4.78 is 0. The lowest BCUT2D eigenvalue weighted by molar-refractivity contribution is -0.122. The largest absolute Gasteiger partial charge is 0.384 e. The Labute approximate surface area is 129 Å². The number of anilines is 1. The third-order valence-corrected chi connectivity index (χ3v) is 3.75. The lowest BCUT2D eigenvalue weighted by atomic mass is 9.79. The molecule has 7 nitrogen and oxygen atoms in total. The van der Waals surface area contributed by atoms with E-state index < -0.39 is 0 Å². The molecular weight excluding hydrogens is 280 g/mol. The quantitative estimate of drug-likeness (QED) is 0.806. The summed E-state index contributed by atoms with van der Waals surface area (Å²) in [6.07, 6.45) is 3.17. The van der Waals surface area contributed by atoms with Gasteiger partial charge < -0.3 is 5.73 Å². The standard InChI is InChI=1S/C15H22N6O/c1-9(2)6-12(10(3)22)13(15-18-20-21-19-15)7-11-4-5-14(16)17-8-11/h4-5,8-9,12-13H,6-7H2,1-3H3,(H2,16,17)(H,18,19,20,21)/t12-,13+/m1/s1. The molecule has 3 N–H and O–H groups in total. The molecule has 0 aliphatic carbocycles. The first-order valence-electron chi connectivity index (χ1n) is 7.41. The molecule has 0 saturated carbocycles. The zero-order valence-corrected chi connectivity index (χ0v) is 13.2. The number of nitrogens with one attached hydrogen (secondary N) is 1. The van der Waals surface area contributed by atoms with Gasteiger partial charge >= 0.3 is 0 Å². The van der Waals surface area contributed by atoms with Gasteiger partial charge in [-0.05, 0) is 47.7 Å². The number of carbonyl (C=O) groups is 1. The van der Waals surface area contributed by atoms with E-state index in [9.17, 15) is 4.79 Å². The van der Waals surface area contributed by atoms with Gasteiger partial charge in [-0.3, -0.25) is 4.79 Å². The summed E-state index contributed by atoms with van der Waals surface area (Å²) in [6, 6.07) is 3.68. The van der Waals surface area contributed by atoms with Crippen LogP contribution >= 0.6 is 0 Å². The molecular formula is C15H22N6O. The van der Waals surface area contributed by atoms with Crippen LogP contribution in [0.2, 0.25) is 0 Å². The highest BCUT2D eigenvalue weighted by Gasteiger charge is 2.30. The van der Waals surface area contributed by atoms with E-state index in [2.05, 4.69) is 39.5 Å². The maximum absolute atomic E-state index is 12.1. The van der Waals surface area contributed by atoms with Crippen LogP contribution < -0.4 is 5.73 Å². The molecule has 7 heteroatoms. The molecule has 0 aliphatic rings. The number of nitrogens with zero attached hydrogens (tertiary/aromatic N) is 4. The van der Waals surface area contributed by atoms with Crippen molar-refractivity contribution in [1.82, 2.24) is 25.6 Å². The second-order valence-corrected chi connectivity index (χ2v) is 6.04. The van der Waals surface area contributed by atoms with Crippen LogP contribution in [0.1, 0.15) is 44.5 Å². The van der Waals surface area contributed by atoms with Crippen molar-refractivity contribution in [1.29, 1.82) is 0 Å². The van der Waals surface area contributed by atoms with Crippen LogP contribution in [0.25, 0.3) is 0 Å². The maximum Gasteiger partial charge on any atom is 0.152 e. The number of nitrogens with two attached hydrogens (primary N) is 1. The van der Waals surface area contributed by atoms with Crippen LogP contribution in [0.3, 0.4) is 0 Å². The fourth-order valence-corrected chi connectivity index (χ4v) is 2.69. The van der Waals surface area contributed by atoms with Crippen LogP contribution in [0.5, 0.6) is 0 Å². The Morgan fingerprint density at radius 3 is 2.64 bits per heavy atom. The average Bonchev–Trinajstić information content (AvgIpc) is 2.98. The van der Waals surface area contributed by atoms with Gasteiger partial charge in [0, 0.05) is 18.0 Å². The maximum atomic E-state index is 12.1. The normalized spacial score (nSPS) is 14.0. The predicted molar refractivity (Wildman–Crippen MR) is 82.9 cm³/mol. The number of nitrogen functional groups attached to an aromatic ring is 1. The van der Waals surface area contributed by atoms with E-state index in [1.165, 1.54) is 0 Å². The molecule has 2 aromatic rings. The van der Waals surface area contributed by atoms with Gasteiger partial charge in [-0.1, -0.05) is 19.9 Å². The van der Waals surface area contributed by atoms with E-state index in [0.717, 1.165) is 12.0 Å². The lowest BCUT2D eigenvalue weighted by Crippen LogP contribution is -2.25. The second kappa shape index (κ2) is 7.11. The fourth-order valence-electron chi connectivity index (χ4n) is 2.69. The number of ketones is 1. The minimum atomic E-state index is -0.132.